The molecule has 0 saturated carbocycles. The molecule has 0 spiro atoms. The number of hydrogen-bond acceptors (Lipinski definition) is 6. The first-order valence-electron chi connectivity index (χ1n) is 8.94. The largest absolute Gasteiger partial charge is 0.494 e. The summed E-state index contributed by atoms with van der Waals surface area (Å²) in [4.78, 5) is 34.8. The van der Waals surface area contributed by atoms with Crippen LogP contribution in [0.1, 0.15) is 18.4 Å². The highest BCUT2D eigenvalue weighted by atomic mass is 32.2. The number of rotatable bonds is 14. The number of thioether (sulfide) groups is 1. The van der Waals surface area contributed by atoms with E-state index in [4.69, 9.17) is 14.6 Å². The Kier molecular flexibility index (Phi) is 11.8. The van der Waals surface area contributed by atoms with Crippen molar-refractivity contribution in [3.05, 3.63) is 29.8 Å². The third-order valence-electron chi connectivity index (χ3n) is 3.70. The van der Waals surface area contributed by atoms with Gasteiger partial charge in [0.1, 0.15) is 11.8 Å². The highest BCUT2D eigenvalue weighted by Crippen LogP contribution is 2.14. The molecule has 9 heteroatoms. The van der Waals surface area contributed by atoms with Crippen molar-refractivity contribution in [2.45, 2.75) is 25.3 Å². The quantitative estimate of drug-likeness (QED) is 0.392. The van der Waals surface area contributed by atoms with Crippen molar-refractivity contribution in [2.75, 3.05) is 38.9 Å². The summed E-state index contributed by atoms with van der Waals surface area (Å²) in [5.41, 5.74) is 0.870. The van der Waals surface area contributed by atoms with Crippen molar-refractivity contribution in [1.82, 2.24) is 10.6 Å². The lowest BCUT2D eigenvalue weighted by atomic mass is 10.0. The van der Waals surface area contributed by atoms with Gasteiger partial charge in [0.2, 0.25) is 11.8 Å². The molecule has 1 aromatic rings. The van der Waals surface area contributed by atoms with Gasteiger partial charge in [-0.2, -0.15) is 11.8 Å². The number of carbonyl (C=O) groups is 3. The number of methoxy groups -OCH3 is 1. The normalized spacial score (nSPS) is 11.5. The lowest BCUT2D eigenvalue weighted by Crippen LogP contribution is -2.49. The summed E-state index contributed by atoms with van der Waals surface area (Å²) in [6, 6.07) is 6.49. The van der Waals surface area contributed by atoms with Crippen molar-refractivity contribution in [3.63, 3.8) is 0 Å². The molecule has 0 aliphatic carbocycles. The zero-order chi connectivity index (χ0) is 20.8. The van der Waals surface area contributed by atoms with Crippen LogP contribution in [0.2, 0.25) is 0 Å². The summed E-state index contributed by atoms with van der Waals surface area (Å²) in [6.07, 6.45) is 2.66. The summed E-state index contributed by atoms with van der Waals surface area (Å²) < 4.78 is 10.4. The molecule has 0 unspecified atom stereocenters. The topological polar surface area (TPSA) is 114 Å². The molecule has 8 nitrogen and oxygen atoms in total. The highest BCUT2D eigenvalue weighted by Gasteiger charge is 2.20. The minimum Gasteiger partial charge on any atom is -0.494 e. The van der Waals surface area contributed by atoms with Crippen LogP contribution in [0.15, 0.2) is 24.3 Å². The molecule has 0 aliphatic rings. The zero-order valence-corrected chi connectivity index (χ0v) is 17.0. The maximum absolute atomic E-state index is 12.4. The van der Waals surface area contributed by atoms with Crippen LogP contribution in [0.5, 0.6) is 5.75 Å². The molecule has 1 rings (SSSR count). The van der Waals surface area contributed by atoms with E-state index in [1.807, 2.05) is 18.4 Å². The monoisotopic (exact) mass is 412 g/mol. The van der Waals surface area contributed by atoms with Crippen molar-refractivity contribution >= 4 is 29.5 Å². The summed E-state index contributed by atoms with van der Waals surface area (Å²) in [7, 11) is 1.55. The minimum absolute atomic E-state index is 0.0632. The molecule has 1 aromatic carbocycles. The lowest BCUT2D eigenvalue weighted by Gasteiger charge is -2.18. The zero-order valence-electron chi connectivity index (χ0n) is 16.2. The lowest BCUT2D eigenvalue weighted by molar-refractivity contribution is -0.137. The van der Waals surface area contributed by atoms with Gasteiger partial charge in [-0.15, -0.1) is 0 Å². The molecule has 28 heavy (non-hydrogen) atoms. The minimum atomic E-state index is -0.850. The van der Waals surface area contributed by atoms with Crippen molar-refractivity contribution in [3.8, 4) is 5.75 Å². The smallest absolute Gasteiger partial charge is 0.303 e. The molecule has 0 bridgehead atoms. The number of benzene rings is 1. The summed E-state index contributed by atoms with van der Waals surface area (Å²) in [5.74, 6) is -0.400. The molecule has 156 valence electrons. The van der Waals surface area contributed by atoms with E-state index in [0.717, 1.165) is 5.56 Å². The fourth-order valence-corrected chi connectivity index (χ4v) is 2.69. The molecule has 2 amide bonds. The van der Waals surface area contributed by atoms with Gasteiger partial charge in [-0.3, -0.25) is 14.4 Å². The predicted octanol–water partition coefficient (Wildman–Crippen LogP) is 1.08. The van der Waals surface area contributed by atoms with Gasteiger partial charge in [0.05, 0.1) is 19.0 Å². The number of carbonyl (C=O) groups excluding carboxylic acids is 2. The Morgan fingerprint density at radius 3 is 2.50 bits per heavy atom. The molecule has 0 heterocycles. The van der Waals surface area contributed by atoms with Crippen LogP contribution in [0, 0.1) is 0 Å². The van der Waals surface area contributed by atoms with E-state index < -0.39 is 12.0 Å². The van der Waals surface area contributed by atoms with Gasteiger partial charge in [0.15, 0.2) is 0 Å². The van der Waals surface area contributed by atoms with Crippen molar-refractivity contribution < 1.29 is 29.0 Å². The van der Waals surface area contributed by atoms with Crippen LogP contribution in [-0.4, -0.2) is 67.8 Å². The molecular formula is C19H28N2O6S. The first-order valence-corrected chi connectivity index (χ1v) is 10.3. The van der Waals surface area contributed by atoms with E-state index in [9.17, 15) is 14.4 Å². The molecule has 1 atom stereocenters. The fourth-order valence-electron chi connectivity index (χ4n) is 2.35. The average molecular weight is 413 g/mol. The number of amides is 2. The second-order valence-electron chi connectivity index (χ2n) is 6.03. The molecule has 3 N–H and O–H groups in total. The molecule has 0 saturated heterocycles. The maximum atomic E-state index is 12.4. The summed E-state index contributed by atoms with van der Waals surface area (Å²) >= 11 is 1.39. The van der Waals surface area contributed by atoms with Crippen LogP contribution < -0.4 is 15.4 Å². The second kappa shape index (κ2) is 13.8. The Morgan fingerprint density at radius 1 is 1.18 bits per heavy atom. The molecular weight excluding hydrogens is 384 g/mol. The molecule has 0 aliphatic heterocycles. The molecule has 0 radical (unpaired) electrons. The van der Waals surface area contributed by atoms with Crippen molar-refractivity contribution in [1.29, 1.82) is 0 Å². The Labute approximate surface area is 169 Å². The number of hydrogen-bond donors (Lipinski definition) is 3. The standard InChI is InChI=1S/C19H28N2O6S/c1-26-11-9-20-19(25)16(21-17(22)13-28-2)12-14-5-7-15(8-6-14)27-10-3-4-18(23)24/h5-8,16H,3-4,9-13H2,1-2H3,(H,20,25)(H,21,22)(H,23,24)/t16-/m0/s1. The molecule has 0 fully saturated rings. The van der Waals surface area contributed by atoms with E-state index in [2.05, 4.69) is 10.6 Å². The van der Waals surface area contributed by atoms with E-state index in [0.29, 0.717) is 38.3 Å². The van der Waals surface area contributed by atoms with Crippen LogP contribution in [0.3, 0.4) is 0 Å². The van der Waals surface area contributed by atoms with Gasteiger partial charge in [-0.1, -0.05) is 12.1 Å². The van der Waals surface area contributed by atoms with Gasteiger partial charge < -0.3 is 25.2 Å². The average Bonchev–Trinajstić information content (AvgIpc) is 2.66. The third-order valence-corrected chi connectivity index (χ3v) is 4.25. The van der Waals surface area contributed by atoms with Gasteiger partial charge in [0.25, 0.3) is 0 Å². The van der Waals surface area contributed by atoms with Crippen LogP contribution in [0.25, 0.3) is 0 Å². The fraction of sp³-hybridized carbons (Fsp3) is 0.526. The van der Waals surface area contributed by atoms with Crippen LogP contribution in [-0.2, 0) is 25.5 Å². The second-order valence-corrected chi connectivity index (χ2v) is 6.90. The summed E-state index contributed by atoms with van der Waals surface area (Å²) in [5, 5.41) is 14.1. The van der Waals surface area contributed by atoms with Crippen LogP contribution >= 0.6 is 11.8 Å². The van der Waals surface area contributed by atoms with Gasteiger partial charge in [0, 0.05) is 26.5 Å². The third kappa shape index (κ3) is 10.2. The number of ether oxygens (including phenoxy) is 2. The van der Waals surface area contributed by atoms with E-state index >= 15 is 0 Å². The van der Waals surface area contributed by atoms with Crippen LogP contribution in [0.4, 0.5) is 0 Å². The van der Waals surface area contributed by atoms with Crippen molar-refractivity contribution in [2.24, 2.45) is 0 Å². The predicted molar refractivity (Wildman–Crippen MR) is 108 cm³/mol. The Hall–Kier alpha value is -2.26. The number of aliphatic carboxylic acids is 1. The number of carboxylic acids is 1. The first-order chi connectivity index (χ1) is 13.5. The Bertz CT molecular complexity index is 623. The summed E-state index contributed by atoms with van der Waals surface area (Å²) in [6.45, 7) is 1.08. The van der Waals surface area contributed by atoms with E-state index in [1.54, 1.807) is 19.2 Å². The maximum Gasteiger partial charge on any atom is 0.303 e. The van der Waals surface area contributed by atoms with E-state index in [-0.39, 0.29) is 24.0 Å². The Morgan fingerprint density at radius 2 is 1.89 bits per heavy atom. The first kappa shape index (κ1) is 23.8. The van der Waals surface area contributed by atoms with E-state index in [1.165, 1.54) is 11.8 Å². The Balaban J connectivity index is 2.63. The number of carboxylic acid groups (broad SMARTS) is 1. The van der Waals surface area contributed by atoms with Gasteiger partial charge in [-0.25, -0.2) is 0 Å². The van der Waals surface area contributed by atoms with Gasteiger partial charge >= 0.3 is 5.97 Å². The SMILES string of the molecule is COCCNC(=O)[C@H](Cc1ccc(OCCCC(=O)O)cc1)NC(=O)CSC. The van der Waals surface area contributed by atoms with Gasteiger partial charge in [-0.05, 0) is 30.4 Å². The highest BCUT2D eigenvalue weighted by molar-refractivity contribution is 7.99. The molecule has 0 aromatic heterocycles. The number of nitrogens with one attached hydrogen (secondary N) is 2.